The Kier molecular flexibility index (Phi) is 2.80. The predicted molar refractivity (Wildman–Crippen MR) is 50.5 cm³/mol. The van der Waals surface area contributed by atoms with E-state index in [0.717, 1.165) is 16.9 Å². The number of alkyl halides is 3. The lowest BCUT2D eigenvalue weighted by Gasteiger charge is -2.05. The lowest BCUT2D eigenvalue weighted by molar-refractivity contribution is -0.137. The molecule has 0 aliphatic carbocycles. The number of aliphatic hydroxyl groups excluding tert-OH is 1. The van der Waals surface area contributed by atoms with Crippen molar-refractivity contribution in [2.45, 2.75) is 12.9 Å². The van der Waals surface area contributed by atoms with E-state index in [1.165, 1.54) is 12.1 Å². The van der Waals surface area contributed by atoms with Crippen LogP contribution >= 0.6 is 0 Å². The molecular formula is C9H7F3N4O. The summed E-state index contributed by atoms with van der Waals surface area (Å²) >= 11 is 0. The molecule has 90 valence electrons. The van der Waals surface area contributed by atoms with Crippen LogP contribution < -0.4 is 0 Å². The van der Waals surface area contributed by atoms with Gasteiger partial charge in [-0.05, 0) is 17.3 Å². The molecule has 5 nitrogen and oxygen atoms in total. The third kappa shape index (κ3) is 2.41. The Morgan fingerprint density at radius 2 is 1.82 bits per heavy atom. The van der Waals surface area contributed by atoms with E-state index in [-0.39, 0.29) is 5.82 Å². The molecule has 0 saturated heterocycles. The summed E-state index contributed by atoms with van der Waals surface area (Å²) < 4.78 is 36.9. The molecule has 0 bridgehead atoms. The molecule has 2 rings (SSSR count). The Labute approximate surface area is 93.5 Å². The molecule has 0 aliphatic rings. The van der Waals surface area contributed by atoms with Crippen LogP contribution in [-0.4, -0.2) is 25.3 Å². The minimum atomic E-state index is -4.37. The number of hydrogen-bond donors (Lipinski definition) is 1. The van der Waals surface area contributed by atoms with E-state index in [9.17, 15) is 13.2 Å². The van der Waals surface area contributed by atoms with Gasteiger partial charge in [0.05, 0.1) is 5.56 Å². The Morgan fingerprint density at radius 3 is 2.29 bits per heavy atom. The summed E-state index contributed by atoms with van der Waals surface area (Å²) in [6, 6.07) is 4.38. The number of aliphatic hydroxyl groups is 1. The van der Waals surface area contributed by atoms with Crippen LogP contribution in [0.4, 0.5) is 13.2 Å². The number of rotatable bonds is 2. The molecule has 0 radical (unpaired) electrons. The van der Waals surface area contributed by atoms with Crippen LogP contribution in [-0.2, 0) is 12.9 Å². The van der Waals surface area contributed by atoms with Crippen molar-refractivity contribution in [2.24, 2.45) is 0 Å². The largest absolute Gasteiger partial charge is 0.416 e. The molecule has 0 unspecified atom stereocenters. The zero-order valence-corrected chi connectivity index (χ0v) is 8.39. The number of halogens is 3. The predicted octanol–water partition coefficient (Wildman–Crippen LogP) is 1.31. The van der Waals surface area contributed by atoms with Gasteiger partial charge in [0, 0.05) is 5.56 Å². The second kappa shape index (κ2) is 4.13. The first-order chi connectivity index (χ1) is 8.00. The maximum absolute atomic E-state index is 12.3. The lowest BCUT2D eigenvalue weighted by atomic mass is 10.1. The fourth-order valence-corrected chi connectivity index (χ4v) is 1.23. The van der Waals surface area contributed by atoms with Crippen LogP contribution in [0.1, 0.15) is 5.56 Å². The van der Waals surface area contributed by atoms with E-state index >= 15 is 0 Å². The monoisotopic (exact) mass is 244 g/mol. The van der Waals surface area contributed by atoms with Gasteiger partial charge in [0.25, 0.3) is 0 Å². The highest BCUT2D eigenvalue weighted by molar-refractivity contribution is 5.54. The van der Waals surface area contributed by atoms with Crippen molar-refractivity contribution in [2.75, 3.05) is 0 Å². The lowest BCUT2D eigenvalue weighted by Crippen LogP contribution is -2.04. The summed E-state index contributed by atoms with van der Waals surface area (Å²) in [5.41, 5.74) is -0.339. The Balaban J connectivity index is 2.29. The summed E-state index contributed by atoms with van der Waals surface area (Å²) in [4.78, 5) is 0.924. The van der Waals surface area contributed by atoms with Crippen LogP contribution in [0.5, 0.6) is 0 Å². The van der Waals surface area contributed by atoms with Gasteiger partial charge in [-0.15, -0.1) is 15.0 Å². The smallest absolute Gasteiger partial charge is 0.373 e. The zero-order chi connectivity index (χ0) is 12.5. The topological polar surface area (TPSA) is 63.8 Å². The van der Waals surface area contributed by atoms with Crippen LogP contribution in [0.15, 0.2) is 24.3 Å². The highest BCUT2D eigenvalue weighted by Crippen LogP contribution is 2.30. The third-order valence-electron chi connectivity index (χ3n) is 2.05. The van der Waals surface area contributed by atoms with Crippen molar-refractivity contribution in [3.63, 3.8) is 0 Å². The average molecular weight is 244 g/mol. The van der Waals surface area contributed by atoms with Gasteiger partial charge in [-0.3, -0.25) is 0 Å². The normalized spacial score (nSPS) is 11.8. The van der Waals surface area contributed by atoms with Crippen LogP contribution in [0.3, 0.4) is 0 Å². The zero-order valence-electron chi connectivity index (χ0n) is 8.39. The van der Waals surface area contributed by atoms with E-state index in [2.05, 4.69) is 15.4 Å². The van der Waals surface area contributed by atoms with Crippen molar-refractivity contribution in [3.05, 3.63) is 29.8 Å². The Bertz CT molecular complexity index is 506. The van der Waals surface area contributed by atoms with E-state index in [0.29, 0.717) is 5.56 Å². The fraction of sp³-hybridized carbons (Fsp3) is 0.222. The molecule has 1 N–H and O–H groups in total. The van der Waals surface area contributed by atoms with Crippen molar-refractivity contribution in [1.82, 2.24) is 20.2 Å². The van der Waals surface area contributed by atoms with Crippen LogP contribution in [0, 0.1) is 0 Å². The van der Waals surface area contributed by atoms with E-state index in [1.807, 2.05) is 0 Å². The minimum absolute atomic E-state index is 0.160. The molecule has 1 heterocycles. The molecule has 0 amide bonds. The molecule has 17 heavy (non-hydrogen) atoms. The molecular weight excluding hydrogens is 237 g/mol. The number of tetrazole rings is 1. The van der Waals surface area contributed by atoms with E-state index in [1.54, 1.807) is 0 Å². The first kappa shape index (κ1) is 11.5. The van der Waals surface area contributed by atoms with E-state index < -0.39 is 18.5 Å². The summed E-state index contributed by atoms with van der Waals surface area (Å²) in [6.07, 6.45) is -4.37. The van der Waals surface area contributed by atoms with Crippen molar-refractivity contribution in [1.29, 1.82) is 0 Å². The van der Waals surface area contributed by atoms with Crippen molar-refractivity contribution in [3.8, 4) is 11.4 Å². The Hall–Kier alpha value is -1.96. The maximum atomic E-state index is 12.3. The molecule has 0 fully saturated rings. The highest BCUT2D eigenvalue weighted by atomic mass is 19.4. The summed E-state index contributed by atoms with van der Waals surface area (Å²) in [6.45, 7) is -0.437. The number of benzene rings is 1. The molecule has 0 atom stereocenters. The number of aromatic nitrogens is 4. The van der Waals surface area contributed by atoms with Gasteiger partial charge >= 0.3 is 6.18 Å². The average Bonchev–Trinajstić information content (AvgIpc) is 2.76. The number of hydrogen-bond acceptors (Lipinski definition) is 4. The highest BCUT2D eigenvalue weighted by Gasteiger charge is 2.30. The molecule has 0 aliphatic heterocycles. The van der Waals surface area contributed by atoms with Gasteiger partial charge in [-0.25, -0.2) is 0 Å². The van der Waals surface area contributed by atoms with Crippen molar-refractivity contribution >= 4 is 0 Å². The first-order valence-electron chi connectivity index (χ1n) is 4.57. The Morgan fingerprint density at radius 1 is 1.18 bits per heavy atom. The van der Waals surface area contributed by atoms with Gasteiger partial charge in [0.15, 0.2) is 6.73 Å². The standard InChI is InChI=1S/C9H7F3N4O/c10-9(11,12)7-3-1-6(2-4-7)8-13-15-16(5-17)14-8/h1-4,17H,5H2. The second-order valence-corrected chi connectivity index (χ2v) is 3.20. The van der Waals surface area contributed by atoms with Gasteiger partial charge < -0.3 is 5.11 Å². The summed E-state index contributed by atoms with van der Waals surface area (Å²) in [5.74, 6) is 0.160. The molecule has 2 aromatic rings. The van der Waals surface area contributed by atoms with Gasteiger partial charge in [-0.2, -0.15) is 13.2 Å². The van der Waals surface area contributed by atoms with Crippen LogP contribution in [0.2, 0.25) is 0 Å². The summed E-state index contributed by atoms with van der Waals surface area (Å²) in [5, 5.41) is 19.5. The molecule has 1 aromatic heterocycles. The SMILES string of the molecule is OCn1nnc(-c2ccc(C(F)(F)F)cc2)n1. The first-order valence-corrected chi connectivity index (χ1v) is 4.57. The molecule has 1 aromatic carbocycles. The second-order valence-electron chi connectivity index (χ2n) is 3.20. The maximum Gasteiger partial charge on any atom is 0.416 e. The molecule has 8 heteroatoms. The molecule has 0 spiro atoms. The fourth-order valence-electron chi connectivity index (χ4n) is 1.23. The molecule has 0 saturated carbocycles. The van der Waals surface area contributed by atoms with Gasteiger partial charge in [0.2, 0.25) is 5.82 Å². The van der Waals surface area contributed by atoms with Crippen molar-refractivity contribution < 1.29 is 18.3 Å². The van der Waals surface area contributed by atoms with E-state index in [4.69, 9.17) is 5.11 Å². The minimum Gasteiger partial charge on any atom is -0.373 e. The van der Waals surface area contributed by atoms with Gasteiger partial charge in [-0.1, -0.05) is 12.1 Å². The number of nitrogens with zero attached hydrogens (tertiary/aromatic N) is 4. The quantitative estimate of drug-likeness (QED) is 0.865. The summed E-state index contributed by atoms with van der Waals surface area (Å²) in [7, 11) is 0. The third-order valence-corrected chi connectivity index (χ3v) is 2.05. The van der Waals surface area contributed by atoms with Crippen LogP contribution in [0.25, 0.3) is 11.4 Å². The van der Waals surface area contributed by atoms with Gasteiger partial charge in [0.1, 0.15) is 0 Å².